The van der Waals surface area contributed by atoms with E-state index in [4.69, 9.17) is 9.15 Å². The number of aromatic amines is 1. The van der Waals surface area contributed by atoms with E-state index < -0.39 is 18.0 Å². The first-order valence-electron chi connectivity index (χ1n) is 8.74. The van der Waals surface area contributed by atoms with Gasteiger partial charge in [-0.2, -0.15) is 0 Å². The molecule has 9 nitrogen and oxygen atoms in total. The van der Waals surface area contributed by atoms with Crippen molar-refractivity contribution in [2.75, 3.05) is 5.32 Å². The maximum atomic E-state index is 12.4. The number of hydrogen-bond acceptors (Lipinski definition) is 6. The van der Waals surface area contributed by atoms with Crippen molar-refractivity contribution in [3.8, 4) is 5.69 Å². The summed E-state index contributed by atoms with van der Waals surface area (Å²) in [6.45, 7) is 1.43. The van der Waals surface area contributed by atoms with Crippen molar-refractivity contribution >= 4 is 28.8 Å². The largest absolute Gasteiger partial charge is 0.449 e. The summed E-state index contributed by atoms with van der Waals surface area (Å²) in [5.74, 6) is -1.11. The Morgan fingerprint density at radius 1 is 1.17 bits per heavy atom. The Labute approximate surface area is 163 Å². The van der Waals surface area contributed by atoms with E-state index in [1.165, 1.54) is 30.1 Å². The number of carbonyl (C=O) groups excluding carboxylic acids is 2. The normalized spacial score (nSPS) is 11.9. The number of nitrogens with zero attached hydrogens (tertiary/aromatic N) is 2. The summed E-state index contributed by atoms with van der Waals surface area (Å²) >= 11 is 0. The molecule has 0 radical (unpaired) electrons. The van der Waals surface area contributed by atoms with Crippen LogP contribution in [0.3, 0.4) is 0 Å². The van der Waals surface area contributed by atoms with Crippen molar-refractivity contribution in [3.05, 3.63) is 76.9 Å². The highest BCUT2D eigenvalue weighted by Gasteiger charge is 2.22. The van der Waals surface area contributed by atoms with Crippen LogP contribution in [0.25, 0.3) is 16.8 Å². The number of oxazole rings is 1. The van der Waals surface area contributed by atoms with Gasteiger partial charge in [0.1, 0.15) is 11.3 Å². The molecule has 1 amide bonds. The molecule has 0 aliphatic heterocycles. The molecule has 4 rings (SSSR count). The molecule has 4 aromatic rings. The highest BCUT2D eigenvalue weighted by molar-refractivity contribution is 6.03. The Kier molecular flexibility index (Phi) is 4.70. The molecule has 2 heterocycles. The van der Waals surface area contributed by atoms with Crippen LogP contribution in [0.15, 0.2) is 70.2 Å². The van der Waals surface area contributed by atoms with E-state index in [9.17, 15) is 14.4 Å². The lowest BCUT2D eigenvalue weighted by Gasteiger charge is -2.13. The summed E-state index contributed by atoms with van der Waals surface area (Å²) in [5, 5.41) is 5.33. The first-order chi connectivity index (χ1) is 14.0. The molecule has 29 heavy (non-hydrogen) atoms. The van der Waals surface area contributed by atoms with Gasteiger partial charge in [-0.15, -0.1) is 0 Å². The molecule has 0 aliphatic carbocycles. The van der Waals surface area contributed by atoms with E-state index in [2.05, 4.69) is 15.4 Å². The minimum absolute atomic E-state index is 0.186. The van der Waals surface area contributed by atoms with Gasteiger partial charge in [-0.3, -0.25) is 14.7 Å². The molecule has 2 N–H and O–H groups in total. The lowest BCUT2D eigenvalue weighted by Crippen LogP contribution is -2.30. The van der Waals surface area contributed by atoms with Crippen LogP contribution in [0.4, 0.5) is 5.82 Å². The molecule has 1 atom stereocenters. The number of carbonyl (C=O) groups is 2. The predicted molar refractivity (Wildman–Crippen MR) is 104 cm³/mol. The van der Waals surface area contributed by atoms with Gasteiger partial charge in [0.05, 0.1) is 11.3 Å². The lowest BCUT2D eigenvalue weighted by atomic mass is 10.2. The molecule has 0 aliphatic rings. The number of benzene rings is 2. The Morgan fingerprint density at radius 3 is 2.76 bits per heavy atom. The van der Waals surface area contributed by atoms with Crippen molar-refractivity contribution in [1.82, 2.24) is 14.8 Å². The summed E-state index contributed by atoms with van der Waals surface area (Å²) in [4.78, 5) is 40.9. The third kappa shape index (κ3) is 3.65. The van der Waals surface area contributed by atoms with Gasteiger partial charge in [-0.25, -0.2) is 14.5 Å². The number of nitrogens with one attached hydrogen (secondary N) is 2. The Morgan fingerprint density at radius 2 is 1.97 bits per heavy atom. The van der Waals surface area contributed by atoms with Gasteiger partial charge in [-0.1, -0.05) is 24.3 Å². The molecule has 0 bridgehead atoms. The second-order valence-electron chi connectivity index (χ2n) is 6.22. The van der Waals surface area contributed by atoms with Gasteiger partial charge < -0.3 is 14.5 Å². The Bertz CT molecular complexity index is 1240. The molecule has 1 unspecified atom stereocenters. The maximum Gasteiger partial charge on any atom is 0.341 e. The van der Waals surface area contributed by atoms with E-state index in [1.807, 2.05) is 6.07 Å². The fourth-order valence-electron chi connectivity index (χ4n) is 2.79. The van der Waals surface area contributed by atoms with Crippen molar-refractivity contribution in [3.63, 3.8) is 0 Å². The lowest BCUT2D eigenvalue weighted by molar-refractivity contribution is -0.123. The number of H-pyrrole nitrogens is 1. The third-order valence-corrected chi connectivity index (χ3v) is 4.23. The highest BCUT2D eigenvalue weighted by Crippen LogP contribution is 2.18. The molecule has 0 spiro atoms. The zero-order chi connectivity index (χ0) is 20.4. The first-order valence-corrected chi connectivity index (χ1v) is 8.74. The van der Waals surface area contributed by atoms with E-state index in [0.29, 0.717) is 16.8 Å². The number of ether oxygens (including phenoxy) is 1. The number of fused-ring (bicyclic) bond motifs is 1. The molecule has 146 valence electrons. The predicted octanol–water partition coefficient (Wildman–Crippen LogP) is 2.49. The first kappa shape index (κ1) is 18.2. The van der Waals surface area contributed by atoms with Crippen LogP contribution >= 0.6 is 0 Å². The minimum atomic E-state index is -1.10. The number of esters is 1. The Balaban J connectivity index is 1.46. The van der Waals surface area contributed by atoms with Crippen LogP contribution in [-0.2, 0) is 9.53 Å². The summed E-state index contributed by atoms with van der Waals surface area (Å²) < 4.78 is 11.7. The molecule has 2 aromatic heterocycles. The van der Waals surface area contributed by atoms with E-state index >= 15 is 0 Å². The summed E-state index contributed by atoms with van der Waals surface area (Å²) in [7, 11) is 0. The van der Waals surface area contributed by atoms with Crippen LogP contribution in [0.5, 0.6) is 0 Å². The molecule has 2 aromatic carbocycles. The maximum absolute atomic E-state index is 12.4. The molecule has 0 fully saturated rings. The smallest absolute Gasteiger partial charge is 0.341 e. The van der Waals surface area contributed by atoms with Gasteiger partial charge >= 0.3 is 5.97 Å². The topological polar surface area (TPSA) is 119 Å². The zero-order valence-corrected chi connectivity index (χ0v) is 15.3. The van der Waals surface area contributed by atoms with Gasteiger partial charge in [0.25, 0.3) is 11.5 Å². The van der Waals surface area contributed by atoms with E-state index in [1.54, 1.807) is 36.4 Å². The summed E-state index contributed by atoms with van der Waals surface area (Å²) in [6, 6.07) is 15.0. The van der Waals surface area contributed by atoms with Crippen molar-refractivity contribution in [2.45, 2.75) is 13.0 Å². The van der Waals surface area contributed by atoms with E-state index in [-0.39, 0.29) is 16.9 Å². The molecular formula is C20H16N4O5. The second-order valence-corrected chi connectivity index (χ2v) is 6.22. The molecular weight excluding hydrogens is 376 g/mol. The van der Waals surface area contributed by atoms with Gasteiger partial charge in [0, 0.05) is 6.07 Å². The van der Waals surface area contributed by atoms with Gasteiger partial charge in [-0.05, 0) is 31.2 Å². The number of anilines is 1. The summed E-state index contributed by atoms with van der Waals surface area (Å²) in [5.41, 5.74) is 1.28. The van der Waals surface area contributed by atoms with Crippen LogP contribution < -0.4 is 10.9 Å². The second kappa shape index (κ2) is 7.47. The SMILES string of the molecule is CC(OC(=O)c1cccc2ocnc12)C(=O)Nc1cc(=O)n(-c2ccccc2)[nH]1. The van der Waals surface area contributed by atoms with E-state index in [0.717, 1.165) is 0 Å². The number of amides is 1. The number of rotatable bonds is 5. The highest BCUT2D eigenvalue weighted by atomic mass is 16.5. The Hall–Kier alpha value is -4.14. The number of para-hydroxylation sites is 2. The minimum Gasteiger partial charge on any atom is -0.449 e. The number of aromatic nitrogens is 3. The average molecular weight is 392 g/mol. The average Bonchev–Trinajstić information content (AvgIpc) is 3.34. The van der Waals surface area contributed by atoms with Crippen molar-refractivity contribution in [1.29, 1.82) is 0 Å². The number of hydrogen-bond donors (Lipinski definition) is 2. The van der Waals surface area contributed by atoms with Crippen LogP contribution in [0.1, 0.15) is 17.3 Å². The quantitative estimate of drug-likeness (QED) is 0.504. The standard InChI is InChI=1S/C20H16N4O5/c1-12(29-20(27)14-8-5-9-15-18(14)21-11-28-15)19(26)22-16-10-17(25)24(23-16)13-6-3-2-4-7-13/h2-12,23H,1H3,(H,22,26). The fourth-order valence-corrected chi connectivity index (χ4v) is 2.79. The van der Waals surface area contributed by atoms with Crippen molar-refractivity contribution in [2.24, 2.45) is 0 Å². The monoisotopic (exact) mass is 392 g/mol. The zero-order valence-electron chi connectivity index (χ0n) is 15.3. The fraction of sp³-hybridized carbons (Fsp3) is 0.100. The molecule has 0 saturated carbocycles. The van der Waals surface area contributed by atoms with Crippen LogP contribution in [0.2, 0.25) is 0 Å². The molecule has 0 saturated heterocycles. The summed E-state index contributed by atoms with van der Waals surface area (Å²) in [6.07, 6.45) is 0.124. The molecule has 9 heteroatoms. The van der Waals surface area contributed by atoms with Gasteiger partial charge in [0.2, 0.25) is 0 Å². The van der Waals surface area contributed by atoms with Crippen LogP contribution in [0, 0.1) is 0 Å². The third-order valence-electron chi connectivity index (χ3n) is 4.23. The van der Waals surface area contributed by atoms with Crippen molar-refractivity contribution < 1.29 is 18.7 Å². The van der Waals surface area contributed by atoms with Crippen LogP contribution in [-0.4, -0.2) is 32.7 Å². The van der Waals surface area contributed by atoms with Gasteiger partial charge in [0.15, 0.2) is 18.1 Å².